The highest BCUT2D eigenvalue weighted by molar-refractivity contribution is 5.24. The maximum atomic E-state index is 10.5. The fraction of sp³-hybridized carbons (Fsp3) is 0.462. The zero-order chi connectivity index (χ0) is 12.0. The minimum atomic E-state index is -0.579. The number of benzene rings is 1. The predicted octanol–water partition coefficient (Wildman–Crippen LogP) is 3.62. The van der Waals surface area contributed by atoms with Gasteiger partial charge >= 0.3 is 0 Å². The van der Waals surface area contributed by atoms with E-state index < -0.39 is 5.54 Å². The quantitative estimate of drug-likeness (QED) is 0.706. The SMILES string of the molecule is CC(C)(CCC(C#N)c1ccccc1)N=O. The minimum Gasteiger partial charge on any atom is -0.198 e. The van der Waals surface area contributed by atoms with Crippen LogP contribution in [0.1, 0.15) is 38.2 Å². The second-order valence-corrected chi connectivity index (χ2v) is 4.53. The third-order valence-electron chi connectivity index (χ3n) is 2.65. The predicted molar refractivity (Wildman–Crippen MR) is 63.9 cm³/mol. The molecule has 0 radical (unpaired) electrons. The summed E-state index contributed by atoms with van der Waals surface area (Å²) in [6.07, 6.45) is 1.29. The first-order valence-corrected chi connectivity index (χ1v) is 5.38. The molecule has 1 rings (SSSR count). The molecular formula is C13H16N2O. The molecular weight excluding hydrogens is 200 g/mol. The van der Waals surface area contributed by atoms with Gasteiger partial charge in [-0.2, -0.15) is 10.2 Å². The van der Waals surface area contributed by atoms with Crippen LogP contribution in [0.25, 0.3) is 0 Å². The molecule has 0 amide bonds. The van der Waals surface area contributed by atoms with E-state index in [9.17, 15) is 4.91 Å². The first-order valence-electron chi connectivity index (χ1n) is 5.38. The summed E-state index contributed by atoms with van der Waals surface area (Å²) in [6.45, 7) is 3.58. The first kappa shape index (κ1) is 12.4. The molecule has 3 nitrogen and oxygen atoms in total. The normalized spacial score (nSPS) is 12.8. The van der Waals surface area contributed by atoms with E-state index >= 15 is 0 Å². The third-order valence-corrected chi connectivity index (χ3v) is 2.65. The molecule has 84 valence electrons. The van der Waals surface area contributed by atoms with Crippen molar-refractivity contribution in [1.29, 1.82) is 5.26 Å². The van der Waals surface area contributed by atoms with E-state index in [0.29, 0.717) is 12.8 Å². The smallest absolute Gasteiger partial charge is 0.0971 e. The molecule has 0 aliphatic carbocycles. The number of hydrogen-bond acceptors (Lipinski definition) is 3. The second kappa shape index (κ2) is 5.41. The summed E-state index contributed by atoms with van der Waals surface area (Å²) >= 11 is 0. The van der Waals surface area contributed by atoms with Crippen molar-refractivity contribution in [2.45, 2.75) is 38.1 Å². The summed E-state index contributed by atoms with van der Waals surface area (Å²) in [7, 11) is 0. The lowest BCUT2D eigenvalue weighted by Gasteiger charge is -2.17. The Morgan fingerprint density at radius 3 is 2.50 bits per heavy atom. The molecule has 0 N–H and O–H groups in total. The van der Waals surface area contributed by atoms with Crippen molar-refractivity contribution in [3.63, 3.8) is 0 Å². The van der Waals surface area contributed by atoms with Crippen molar-refractivity contribution < 1.29 is 0 Å². The Balaban J connectivity index is 2.65. The summed E-state index contributed by atoms with van der Waals surface area (Å²) in [5.74, 6) is -0.151. The van der Waals surface area contributed by atoms with Crippen LogP contribution >= 0.6 is 0 Å². The van der Waals surface area contributed by atoms with Gasteiger partial charge in [0.2, 0.25) is 0 Å². The zero-order valence-corrected chi connectivity index (χ0v) is 9.68. The minimum absolute atomic E-state index is 0.151. The van der Waals surface area contributed by atoms with E-state index in [1.807, 2.05) is 30.3 Å². The van der Waals surface area contributed by atoms with E-state index in [2.05, 4.69) is 11.2 Å². The third kappa shape index (κ3) is 3.47. The highest BCUT2D eigenvalue weighted by atomic mass is 16.3. The topological polar surface area (TPSA) is 53.2 Å². The monoisotopic (exact) mass is 216 g/mol. The highest BCUT2D eigenvalue weighted by Gasteiger charge is 2.21. The number of hydrogen-bond donors (Lipinski definition) is 0. The van der Waals surface area contributed by atoms with Gasteiger partial charge in [-0.15, -0.1) is 0 Å². The lowest BCUT2D eigenvalue weighted by atomic mass is 9.89. The van der Waals surface area contributed by atoms with Crippen molar-refractivity contribution >= 4 is 0 Å². The summed E-state index contributed by atoms with van der Waals surface area (Å²) in [5.41, 5.74) is 0.427. The van der Waals surface area contributed by atoms with E-state index in [1.54, 1.807) is 13.8 Å². The molecule has 0 heterocycles. The van der Waals surface area contributed by atoms with E-state index in [4.69, 9.17) is 5.26 Å². The van der Waals surface area contributed by atoms with Crippen LogP contribution in [0.5, 0.6) is 0 Å². The Morgan fingerprint density at radius 1 is 1.38 bits per heavy atom. The van der Waals surface area contributed by atoms with E-state index in [-0.39, 0.29) is 5.92 Å². The van der Waals surface area contributed by atoms with Gasteiger partial charge in [0, 0.05) is 0 Å². The fourth-order valence-electron chi connectivity index (χ4n) is 1.53. The summed E-state index contributed by atoms with van der Waals surface area (Å²) < 4.78 is 0. The van der Waals surface area contributed by atoms with Crippen LogP contribution in [0.2, 0.25) is 0 Å². The van der Waals surface area contributed by atoms with Gasteiger partial charge in [0.1, 0.15) is 0 Å². The number of rotatable bonds is 5. The lowest BCUT2D eigenvalue weighted by Crippen LogP contribution is -2.16. The number of nitrogens with zero attached hydrogens (tertiary/aromatic N) is 2. The number of nitriles is 1. The van der Waals surface area contributed by atoms with Crippen LogP contribution in [0.15, 0.2) is 35.5 Å². The Kier molecular flexibility index (Phi) is 4.19. The Bertz CT molecular complexity index is 379. The van der Waals surface area contributed by atoms with Crippen molar-refractivity contribution in [3.8, 4) is 6.07 Å². The Labute approximate surface area is 96.1 Å². The Hall–Kier alpha value is -1.69. The maximum Gasteiger partial charge on any atom is 0.0971 e. The van der Waals surface area contributed by atoms with Gasteiger partial charge in [-0.05, 0) is 32.3 Å². The van der Waals surface area contributed by atoms with Crippen LogP contribution in [-0.2, 0) is 0 Å². The van der Waals surface area contributed by atoms with Crippen LogP contribution in [0.4, 0.5) is 0 Å². The molecule has 1 atom stereocenters. The number of nitroso groups, excluding NO2 is 1. The average molecular weight is 216 g/mol. The highest BCUT2D eigenvalue weighted by Crippen LogP contribution is 2.25. The first-order chi connectivity index (χ1) is 7.59. The van der Waals surface area contributed by atoms with Crippen molar-refractivity contribution in [2.24, 2.45) is 5.18 Å². The van der Waals surface area contributed by atoms with Crippen molar-refractivity contribution in [2.75, 3.05) is 0 Å². The summed E-state index contributed by atoms with van der Waals surface area (Å²) in [4.78, 5) is 10.5. The van der Waals surface area contributed by atoms with Crippen molar-refractivity contribution in [3.05, 3.63) is 40.8 Å². The molecule has 1 aromatic rings. The molecule has 0 aliphatic heterocycles. The molecule has 0 bridgehead atoms. The van der Waals surface area contributed by atoms with Gasteiger partial charge < -0.3 is 0 Å². The largest absolute Gasteiger partial charge is 0.198 e. The standard InChI is InChI=1S/C13H16N2O/c1-13(2,15-16)9-8-12(10-14)11-6-4-3-5-7-11/h3-7,12H,8-9H2,1-2H3. The van der Waals surface area contributed by atoms with Crippen LogP contribution in [-0.4, -0.2) is 5.54 Å². The van der Waals surface area contributed by atoms with Gasteiger partial charge in [-0.25, -0.2) is 0 Å². The average Bonchev–Trinajstić information content (AvgIpc) is 2.31. The second-order valence-electron chi connectivity index (χ2n) is 4.53. The van der Waals surface area contributed by atoms with Gasteiger partial charge in [-0.1, -0.05) is 35.5 Å². The van der Waals surface area contributed by atoms with E-state index in [0.717, 1.165) is 5.56 Å². The molecule has 0 aliphatic rings. The van der Waals surface area contributed by atoms with Crippen molar-refractivity contribution in [1.82, 2.24) is 0 Å². The van der Waals surface area contributed by atoms with Crippen LogP contribution in [0.3, 0.4) is 0 Å². The lowest BCUT2D eigenvalue weighted by molar-refractivity contribution is 0.449. The van der Waals surface area contributed by atoms with Gasteiger partial charge in [0.25, 0.3) is 0 Å². The molecule has 1 unspecified atom stereocenters. The zero-order valence-electron chi connectivity index (χ0n) is 9.68. The van der Waals surface area contributed by atoms with Crippen LogP contribution in [0, 0.1) is 16.2 Å². The van der Waals surface area contributed by atoms with Gasteiger partial charge in [0.15, 0.2) is 0 Å². The molecule has 0 saturated carbocycles. The molecule has 16 heavy (non-hydrogen) atoms. The molecule has 0 aromatic heterocycles. The molecule has 1 aromatic carbocycles. The van der Waals surface area contributed by atoms with Gasteiger partial charge in [-0.3, -0.25) is 0 Å². The van der Waals surface area contributed by atoms with E-state index in [1.165, 1.54) is 0 Å². The summed E-state index contributed by atoms with van der Waals surface area (Å²) in [6, 6.07) is 11.9. The summed E-state index contributed by atoms with van der Waals surface area (Å²) in [5, 5.41) is 12.2. The molecule has 0 fully saturated rings. The molecule has 0 saturated heterocycles. The maximum absolute atomic E-state index is 10.5. The Morgan fingerprint density at radius 2 is 2.00 bits per heavy atom. The molecule has 3 heteroatoms. The van der Waals surface area contributed by atoms with Gasteiger partial charge in [0.05, 0.1) is 17.5 Å². The fourth-order valence-corrected chi connectivity index (χ4v) is 1.53. The molecule has 0 spiro atoms. The van der Waals surface area contributed by atoms with Crippen LogP contribution < -0.4 is 0 Å².